The Balaban J connectivity index is 1.88. The van der Waals surface area contributed by atoms with Gasteiger partial charge in [0.2, 0.25) is 0 Å². The molecule has 1 aliphatic rings. The molecule has 0 radical (unpaired) electrons. The van der Waals surface area contributed by atoms with Crippen LogP contribution in [0, 0.1) is 0 Å². The zero-order chi connectivity index (χ0) is 18.1. The van der Waals surface area contributed by atoms with Gasteiger partial charge in [-0.25, -0.2) is 4.79 Å². The number of aromatic nitrogens is 1. The second kappa shape index (κ2) is 6.80. The highest BCUT2D eigenvalue weighted by molar-refractivity contribution is 7.13. The van der Waals surface area contributed by atoms with Crippen LogP contribution < -0.4 is 10.9 Å². The lowest BCUT2D eigenvalue weighted by Gasteiger charge is -2.23. The molecule has 3 heterocycles. The van der Waals surface area contributed by atoms with Crippen LogP contribution in [-0.4, -0.2) is 22.3 Å². The number of carboxylic acid groups (broad SMARTS) is 1. The van der Waals surface area contributed by atoms with Crippen LogP contribution in [0.4, 0.5) is 4.79 Å². The van der Waals surface area contributed by atoms with Crippen molar-refractivity contribution in [1.29, 1.82) is 0 Å². The molecule has 4 rings (SSSR count). The maximum Gasteiger partial charge on any atom is 0.404 e. The minimum Gasteiger partial charge on any atom is -0.465 e. The Morgan fingerprint density at radius 1 is 1.23 bits per heavy atom. The Labute approximate surface area is 154 Å². The number of nitrogens with zero attached hydrogens (tertiary/aromatic N) is 1. The summed E-state index contributed by atoms with van der Waals surface area (Å²) in [6.07, 6.45) is 0.350. The van der Waals surface area contributed by atoms with Crippen molar-refractivity contribution in [3.05, 3.63) is 69.3 Å². The number of thiophene rings is 1. The second-order valence-corrected chi connectivity index (χ2v) is 7.18. The van der Waals surface area contributed by atoms with Crippen LogP contribution in [-0.2, 0) is 19.4 Å². The summed E-state index contributed by atoms with van der Waals surface area (Å²) in [6.45, 7) is 0.966. The van der Waals surface area contributed by atoms with E-state index in [0.29, 0.717) is 25.1 Å². The maximum absolute atomic E-state index is 13.1. The minimum atomic E-state index is -1.04. The summed E-state index contributed by atoms with van der Waals surface area (Å²) >= 11 is 1.64. The zero-order valence-corrected chi connectivity index (χ0v) is 14.9. The predicted octanol–water partition coefficient (Wildman–Crippen LogP) is 3.61. The molecule has 0 spiro atoms. The number of fused-ring (bicyclic) bond motifs is 3. The van der Waals surface area contributed by atoms with Crippen LogP contribution in [0.2, 0.25) is 0 Å². The van der Waals surface area contributed by atoms with E-state index in [1.54, 1.807) is 11.3 Å². The summed E-state index contributed by atoms with van der Waals surface area (Å²) in [5, 5.41) is 13.3. The first-order chi connectivity index (χ1) is 12.6. The normalized spacial score (nSPS) is 12.3. The summed E-state index contributed by atoms with van der Waals surface area (Å²) in [5.41, 5.74) is 4.77. The summed E-state index contributed by atoms with van der Waals surface area (Å²) < 4.78 is 1.86. The monoisotopic (exact) mass is 366 g/mol. The standard InChI is InChI=1S/C20H18N2O3S/c23-19-16(13-4-2-1-3-5-13)12-15(6-9-21-20(24)25)17-18-14(8-11-26-18)7-10-22(17)19/h1-5,8,11-12,21H,6-7,9-10H2,(H,24,25). The molecular formula is C20H18N2O3S. The highest BCUT2D eigenvalue weighted by Gasteiger charge is 2.23. The first-order valence-corrected chi connectivity index (χ1v) is 9.39. The fraction of sp³-hybridized carbons (Fsp3) is 0.200. The van der Waals surface area contributed by atoms with Crippen molar-refractivity contribution in [2.45, 2.75) is 19.4 Å². The van der Waals surface area contributed by atoms with Crippen molar-refractivity contribution in [2.24, 2.45) is 0 Å². The Morgan fingerprint density at radius 3 is 2.81 bits per heavy atom. The van der Waals surface area contributed by atoms with Gasteiger partial charge in [-0.3, -0.25) is 4.79 Å². The molecule has 1 aromatic carbocycles. The third kappa shape index (κ3) is 2.93. The van der Waals surface area contributed by atoms with E-state index in [9.17, 15) is 9.59 Å². The highest BCUT2D eigenvalue weighted by atomic mass is 32.1. The molecule has 0 unspecified atom stereocenters. The predicted molar refractivity (Wildman–Crippen MR) is 103 cm³/mol. The van der Waals surface area contributed by atoms with Gasteiger partial charge in [-0.1, -0.05) is 30.3 Å². The number of amides is 1. The van der Waals surface area contributed by atoms with E-state index in [1.165, 1.54) is 5.56 Å². The van der Waals surface area contributed by atoms with Gasteiger partial charge in [0.25, 0.3) is 5.56 Å². The second-order valence-electron chi connectivity index (χ2n) is 6.26. The molecule has 0 saturated carbocycles. The summed E-state index contributed by atoms with van der Waals surface area (Å²) in [6, 6.07) is 13.7. The van der Waals surface area contributed by atoms with Crippen LogP contribution in [0.3, 0.4) is 0 Å². The van der Waals surface area contributed by atoms with Gasteiger partial charge >= 0.3 is 6.09 Å². The van der Waals surface area contributed by atoms with Gasteiger partial charge in [0.05, 0.1) is 10.6 Å². The number of carbonyl (C=O) groups is 1. The van der Waals surface area contributed by atoms with Gasteiger partial charge in [-0.2, -0.15) is 0 Å². The number of aryl methyl sites for hydroxylation is 1. The van der Waals surface area contributed by atoms with Crippen molar-refractivity contribution in [3.8, 4) is 21.7 Å². The maximum atomic E-state index is 13.1. The van der Waals surface area contributed by atoms with Gasteiger partial charge in [-0.05, 0) is 47.0 Å². The smallest absolute Gasteiger partial charge is 0.404 e. The van der Waals surface area contributed by atoms with Gasteiger partial charge in [0.1, 0.15) is 0 Å². The summed E-state index contributed by atoms with van der Waals surface area (Å²) in [5.74, 6) is 0. The lowest BCUT2D eigenvalue weighted by molar-refractivity contribution is 0.194. The van der Waals surface area contributed by atoms with Crippen LogP contribution in [0.15, 0.2) is 52.6 Å². The molecule has 0 aliphatic carbocycles. The van der Waals surface area contributed by atoms with Gasteiger partial charge in [-0.15, -0.1) is 11.3 Å². The number of benzene rings is 1. The van der Waals surface area contributed by atoms with Gasteiger partial charge in [0, 0.05) is 18.7 Å². The van der Waals surface area contributed by atoms with E-state index in [4.69, 9.17) is 5.11 Å². The first kappa shape index (κ1) is 16.6. The van der Waals surface area contributed by atoms with E-state index in [-0.39, 0.29) is 5.56 Å². The fourth-order valence-electron chi connectivity index (χ4n) is 3.50. The third-order valence-electron chi connectivity index (χ3n) is 4.69. The lowest BCUT2D eigenvalue weighted by atomic mass is 9.97. The van der Waals surface area contributed by atoms with Crippen LogP contribution in [0.5, 0.6) is 0 Å². The van der Waals surface area contributed by atoms with Gasteiger partial charge in [0.15, 0.2) is 0 Å². The molecule has 1 amide bonds. The first-order valence-electron chi connectivity index (χ1n) is 8.51. The van der Waals surface area contributed by atoms with E-state index in [0.717, 1.165) is 28.1 Å². The number of pyridine rings is 1. The molecule has 0 atom stereocenters. The Hall–Kier alpha value is -2.86. The molecule has 6 heteroatoms. The van der Waals surface area contributed by atoms with Crippen LogP contribution in [0.1, 0.15) is 11.1 Å². The van der Waals surface area contributed by atoms with Crippen molar-refractivity contribution in [3.63, 3.8) is 0 Å². The fourth-order valence-corrected chi connectivity index (χ4v) is 4.54. The SMILES string of the molecule is O=C(O)NCCc1cc(-c2ccccc2)c(=O)n2c1-c1sccc1CC2. The molecule has 2 N–H and O–H groups in total. The van der Waals surface area contributed by atoms with E-state index >= 15 is 0 Å². The topological polar surface area (TPSA) is 71.3 Å². The van der Waals surface area contributed by atoms with Crippen molar-refractivity contribution in [2.75, 3.05) is 6.54 Å². The largest absolute Gasteiger partial charge is 0.465 e. The van der Waals surface area contributed by atoms with Gasteiger partial charge < -0.3 is 15.0 Å². The molecule has 132 valence electrons. The average molecular weight is 366 g/mol. The molecule has 0 fully saturated rings. The highest BCUT2D eigenvalue weighted by Crippen LogP contribution is 2.36. The molecule has 26 heavy (non-hydrogen) atoms. The summed E-state index contributed by atoms with van der Waals surface area (Å²) in [7, 11) is 0. The Morgan fingerprint density at radius 2 is 2.04 bits per heavy atom. The number of hydrogen-bond acceptors (Lipinski definition) is 3. The molecule has 3 aromatic rings. The lowest BCUT2D eigenvalue weighted by Crippen LogP contribution is -2.29. The Bertz CT molecular complexity index is 1020. The molecule has 0 saturated heterocycles. The zero-order valence-electron chi connectivity index (χ0n) is 14.1. The van der Waals surface area contributed by atoms with E-state index in [2.05, 4.69) is 16.8 Å². The molecular weight excluding hydrogens is 348 g/mol. The number of nitrogens with one attached hydrogen (secondary N) is 1. The third-order valence-corrected chi connectivity index (χ3v) is 5.65. The van der Waals surface area contributed by atoms with Crippen molar-refractivity contribution in [1.82, 2.24) is 9.88 Å². The molecule has 5 nitrogen and oxygen atoms in total. The van der Waals surface area contributed by atoms with Crippen molar-refractivity contribution >= 4 is 17.4 Å². The van der Waals surface area contributed by atoms with Crippen LogP contribution >= 0.6 is 11.3 Å². The Kier molecular flexibility index (Phi) is 4.34. The minimum absolute atomic E-state index is 0.0141. The number of rotatable bonds is 4. The van der Waals surface area contributed by atoms with E-state index in [1.807, 2.05) is 41.0 Å². The van der Waals surface area contributed by atoms with Crippen LogP contribution in [0.25, 0.3) is 21.7 Å². The molecule has 0 bridgehead atoms. The quantitative estimate of drug-likeness (QED) is 0.741. The molecule has 2 aromatic heterocycles. The van der Waals surface area contributed by atoms with Crippen molar-refractivity contribution < 1.29 is 9.90 Å². The van der Waals surface area contributed by atoms with E-state index < -0.39 is 6.09 Å². The average Bonchev–Trinajstić information content (AvgIpc) is 3.12. The summed E-state index contributed by atoms with van der Waals surface area (Å²) in [4.78, 5) is 25.1. The molecule has 1 aliphatic heterocycles. The number of hydrogen-bond donors (Lipinski definition) is 2.